The molecule has 0 aliphatic heterocycles. The van der Waals surface area contributed by atoms with Gasteiger partial charge in [0.25, 0.3) is 5.91 Å². The van der Waals surface area contributed by atoms with E-state index in [-0.39, 0.29) is 5.82 Å². The minimum absolute atomic E-state index is 0.317. The smallest absolute Gasteiger partial charge is 0.275 e. The number of hydrogen-bond donors (Lipinski definition) is 2. The number of thiophene rings is 1. The van der Waals surface area contributed by atoms with Crippen LogP contribution in [0.15, 0.2) is 30.6 Å². The Morgan fingerprint density at radius 3 is 3.00 bits per heavy atom. The van der Waals surface area contributed by atoms with E-state index in [9.17, 15) is 9.18 Å². The number of fused-ring (bicyclic) bond motifs is 1. The number of carbonyl (C=O) groups is 1. The monoisotopic (exact) mass is 304 g/mol. The lowest BCUT2D eigenvalue weighted by Gasteiger charge is -2.05. The Labute approximate surface area is 124 Å². The van der Waals surface area contributed by atoms with Gasteiger partial charge in [0.1, 0.15) is 5.82 Å². The van der Waals surface area contributed by atoms with Gasteiger partial charge in [-0.2, -0.15) is 5.10 Å². The summed E-state index contributed by atoms with van der Waals surface area (Å²) in [7, 11) is 0. The van der Waals surface area contributed by atoms with Gasteiger partial charge in [-0.25, -0.2) is 10.2 Å². The second-order valence-electron chi connectivity index (χ2n) is 4.71. The van der Waals surface area contributed by atoms with Crippen LogP contribution in [-0.2, 0) is 6.54 Å². The molecule has 0 bridgehead atoms. The van der Waals surface area contributed by atoms with Crippen molar-refractivity contribution < 1.29 is 9.18 Å². The lowest BCUT2D eigenvalue weighted by Crippen LogP contribution is -2.30. The molecule has 2 heterocycles. The van der Waals surface area contributed by atoms with Crippen molar-refractivity contribution >= 4 is 27.3 Å². The molecule has 3 rings (SSSR count). The number of aromatic nitrogens is 2. The maximum Gasteiger partial charge on any atom is 0.275 e. The van der Waals surface area contributed by atoms with Crippen LogP contribution in [0, 0.1) is 12.7 Å². The fourth-order valence-electron chi connectivity index (χ4n) is 2.28. The van der Waals surface area contributed by atoms with Crippen LogP contribution >= 0.6 is 11.3 Å². The van der Waals surface area contributed by atoms with Gasteiger partial charge in [0, 0.05) is 21.8 Å². The predicted molar refractivity (Wildman–Crippen MR) is 79.5 cm³/mol. The first kappa shape index (κ1) is 13.7. The van der Waals surface area contributed by atoms with Crippen molar-refractivity contribution in [3.8, 4) is 0 Å². The number of nitrogens with zero attached hydrogens (tertiary/aromatic N) is 2. The van der Waals surface area contributed by atoms with Gasteiger partial charge < -0.3 is 0 Å². The van der Waals surface area contributed by atoms with E-state index in [4.69, 9.17) is 5.84 Å². The maximum atomic E-state index is 14.1. The quantitative estimate of drug-likeness (QED) is 0.442. The third-order valence-corrected chi connectivity index (χ3v) is 4.38. The van der Waals surface area contributed by atoms with Crippen LogP contribution < -0.4 is 11.3 Å². The molecule has 1 aromatic carbocycles. The van der Waals surface area contributed by atoms with E-state index in [1.807, 2.05) is 13.1 Å². The zero-order valence-electron chi connectivity index (χ0n) is 11.3. The van der Waals surface area contributed by atoms with Crippen LogP contribution in [0.2, 0.25) is 0 Å². The Balaban J connectivity index is 2.19. The molecule has 3 aromatic rings. The molecule has 3 N–H and O–H groups in total. The highest BCUT2D eigenvalue weighted by molar-refractivity contribution is 7.21. The van der Waals surface area contributed by atoms with E-state index in [0.29, 0.717) is 27.1 Å². The molecule has 0 aliphatic carbocycles. The first-order valence-electron chi connectivity index (χ1n) is 6.30. The van der Waals surface area contributed by atoms with Gasteiger partial charge in [-0.05, 0) is 24.6 Å². The summed E-state index contributed by atoms with van der Waals surface area (Å²) in [4.78, 5) is 12.3. The highest BCUT2D eigenvalue weighted by Gasteiger charge is 2.20. The number of benzene rings is 1. The molecule has 5 nitrogen and oxygen atoms in total. The predicted octanol–water partition coefficient (Wildman–Crippen LogP) is 2.20. The van der Waals surface area contributed by atoms with E-state index in [1.54, 1.807) is 23.0 Å². The SMILES string of the molecule is Cc1cnn(Cc2c(C(=O)NN)sc3cccc(F)c23)c1. The minimum Gasteiger partial charge on any atom is -0.289 e. The van der Waals surface area contributed by atoms with E-state index in [1.165, 1.54) is 17.4 Å². The highest BCUT2D eigenvalue weighted by Crippen LogP contribution is 2.33. The molecule has 0 spiro atoms. The van der Waals surface area contributed by atoms with Crippen LogP contribution in [0.5, 0.6) is 0 Å². The first-order valence-corrected chi connectivity index (χ1v) is 7.11. The summed E-state index contributed by atoms with van der Waals surface area (Å²) in [6, 6.07) is 4.80. The molecule has 0 saturated heterocycles. The summed E-state index contributed by atoms with van der Waals surface area (Å²) in [6.07, 6.45) is 3.56. The number of rotatable bonds is 3. The van der Waals surface area contributed by atoms with Gasteiger partial charge in [0.2, 0.25) is 0 Å². The molecule has 0 fully saturated rings. The summed E-state index contributed by atoms with van der Waals surface area (Å²) in [5.41, 5.74) is 3.71. The third kappa shape index (κ3) is 2.41. The average molecular weight is 304 g/mol. The van der Waals surface area contributed by atoms with E-state index in [2.05, 4.69) is 10.5 Å². The number of hydrazine groups is 1. The lowest BCUT2D eigenvalue weighted by molar-refractivity contribution is 0.0957. The van der Waals surface area contributed by atoms with Crippen LogP contribution in [0.25, 0.3) is 10.1 Å². The normalized spacial score (nSPS) is 11.0. The van der Waals surface area contributed by atoms with Gasteiger partial charge in [0.15, 0.2) is 0 Å². The molecular formula is C14H13FN4OS. The van der Waals surface area contributed by atoms with Gasteiger partial charge in [-0.3, -0.25) is 14.9 Å². The number of nitrogen functional groups attached to an aromatic ring is 1. The number of hydrogen-bond acceptors (Lipinski definition) is 4. The van der Waals surface area contributed by atoms with Gasteiger partial charge in [0.05, 0.1) is 17.6 Å². The van der Waals surface area contributed by atoms with Crippen molar-refractivity contribution in [1.29, 1.82) is 0 Å². The van der Waals surface area contributed by atoms with Crippen LogP contribution in [0.4, 0.5) is 4.39 Å². The molecule has 2 aromatic heterocycles. The van der Waals surface area contributed by atoms with Crippen molar-refractivity contribution in [2.75, 3.05) is 0 Å². The van der Waals surface area contributed by atoms with Crippen molar-refractivity contribution in [1.82, 2.24) is 15.2 Å². The fraction of sp³-hybridized carbons (Fsp3) is 0.143. The largest absolute Gasteiger partial charge is 0.289 e. The maximum absolute atomic E-state index is 14.1. The molecule has 21 heavy (non-hydrogen) atoms. The first-order chi connectivity index (χ1) is 10.1. The second-order valence-corrected chi connectivity index (χ2v) is 5.76. The second kappa shape index (κ2) is 5.27. The number of nitrogens with one attached hydrogen (secondary N) is 1. The average Bonchev–Trinajstić information content (AvgIpc) is 3.03. The van der Waals surface area contributed by atoms with Gasteiger partial charge >= 0.3 is 0 Å². The summed E-state index contributed by atoms with van der Waals surface area (Å²) in [6.45, 7) is 2.24. The number of halogens is 1. The molecule has 108 valence electrons. The van der Waals surface area contributed by atoms with E-state index < -0.39 is 5.91 Å². The van der Waals surface area contributed by atoms with Crippen molar-refractivity contribution in [3.05, 3.63) is 52.4 Å². The Bertz CT molecular complexity index is 824. The Morgan fingerprint density at radius 1 is 1.52 bits per heavy atom. The number of aryl methyl sites for hydroxylation is 1. The number of amides is 1. The van der Waals surface area contributed by atoms with Crippen molar-refractivity contribution in [2.45, 2.75) is 13.5 Å². The van der Waals surface area contributed by atoms with E-state index in [0.717, 1.165) is 5.56 Å². The molecule has 7 heteroatoms. The number of carbonyl (C=O) groups excluding carboxylic acids is 1. The topological polar surface area (TPSA) is 72.9 Å². The summed E-state index contributed by atoms with van der Waals surface area (Å²) < 4.78 is 16.5. The molecule has 0 aliphatic rings. The molecular weight excluding hydrogens is 291 g/mol. The van der Waals surface area contributed by atoms with Crippen molar-refractivity contribution in [2.24, 2.45) is 5.84 Å². The standard InChI is InChI=1S/C14H13FN4OS/c1-8-5-17-19(6-8)7-9-12-10(15)3-2-4-11(12)21-13(9)14(20)18-16/h2-6H,7,16H2,1H3,(H,18,20). The summed E-state index contributed by atoms with van der Waals surface area (Å²) in [5.74, 6) is 4.45. The third-order valence-electron chi connectivity index (χ3n) is 3.18. The number of nitrogens with two attached hydrogens (primary N) is 1. The Kier molecular flexibility index (Phi) is 3.44. The van der Waals surface area contributed by atoms with Crippen molar-refractivity contribution in [3.63, 3.8) is 0 Å². The lowest BCUT2D eigenvalue weighted by atomic mass is 10.1. The molecule has 1 amide bonds. The zero-order chi connectivity index (χ0) is 15.0. The zero-order valence-corrected chi connectivity index (χ0v) is 12.1. The van der Waals surface area contributed by atoms with Gasteiger partial charge in [-0.15, -0.1) is 11.3 Å². The highest BCUT2D eigenvalue weighted by atomic mass is 32.1. The minimum atomic E-state index is -0.422. The molecule has 0 radical (unpaired) electrons. The van der Waals surface area contributed by atoms with E-state index >= 15 is 0 Å². The summed E-state index contributed by atoms with van der Waals surface area (Å²) in [5, 5.41) is 4.64. The fourth-order valence-corrected chi connectivity index (χ4v) is 3.41. The van der Waals surface area contributed by atoms with Crippen LogP contribution in [0.1, 0.15) is 20.8 Å². The van der Waals surface area contributed by atoms with Gasteiger partial charge in [-0.1, -0.05) is 6.07 Å². The Hall–Kier alpha value is -2.25. The van der Waals surface area contributed by atoms with Crippen LogP contribution in [-0.4, -0.2) is 15.7 Å². The van der Waals surface area contributed by atoms with Crippen LogP contribution in [0.3, 0.4) is 0 Å². The Morgan fingerprint density at radius 2 is 2.33 bits per heavy atom. The molecule has 0 atom stereocenters. The molecule has 0 unspecified atom stereocenters. The molecule has 0 saturated carbocycles. The summed E-state index contributed by atoms with van der Waals surface area (Å²) >= 11 is 1.22.